The third kappa shape index (κ3) is 3.10. The predicted octanol–water partition coefficient (Wildman–Crippen LogP) is 2.93. The number of aryl methyl sites for hydroxylation is 1. The summed E-state index contributed by atoms with van der Waals surface area (Å²) in [5.41, 5.74) is 0. The van der Waals surface area contributed by atoms with Crippen molar-refractivity contribution in [1.29, 1.82) is 0 Å². The second-order valence-corrected chi connectivity index (χ2v) is 4.43. The molecule has 0 aliphatic heterocycles. The van der Waals surface area contributed by atoms with E-state index in [4.69, 9.17) is 9.52 Å². The molecule has 0 saturated heterocycles. The van der Waals surface area contributed by atoms with Crippen LogP contribution in [0.15, 0.2) is 21.6 Å². The summed E-state index contributed by atoms with van der Waals surface area (Å²) in [4.78, 5) is 11.6. The molecule has 0 aliphatic carbocycles. The molecule has 0 saturated carbocycles. The van der Waals surface area contributed by atoms with Gasteiger partial charge in [-0.15, -0.1) is 11.8 Å². The molecule has 1 aromatic rings. The van der Waals surface area contributed by atoms with E-state index in [-0.39, 0.29) is 11.7 Å². The van der Waals surface area contributed by atoms with Crippen molar-refractivity contribution < 1.29 is 14.3 Å². The first-order valence-electron chi connectivity index (χ1n) is 4.56. The summed E-state index contributed by atoms with van der Waals surface area (Å²) in [6.07, 6.45) is 2.68. The van der Waals surface area contributed by atoms with Gasteiger partial charge in [0, 0.05) is 10.1 Å². The van der Waals surface area contributed by atoms with Crippen molar-refractivity contribution in [3.63, 3.8) is 0 Å². The molecule has 1 unspecified atom stereocenters. The fourth-order valence-corrected chi connectivity index (χ4v) is 2.24. The van der Waals surface area contributed by atoms with Gasteiger partial charge in [0.1, 0.15) is 5.76 Å². The third-order valence-electron chi connectivity index (χ3n) is 1.96. The zero-order valence-corrected chi connectivity index (χ0v) is 9.13. The maximum atomic E-state index is 10.5. The highest BCUT2D eigenvalue weighted by molar-refractivity contribution is 8.00. The number of rotatable bonds is 5. The smallest absolute Gasteiger partial charge is 0.304 e. The molecule has 0 spiro atoms. The first kappa shape index (κ1) is 11.2. The minimum absolute atomic E-state index is 0.129. The molecule has 0 fully saturated rings. The number of carboxylic acid groups (broad SMARTS) is 1. The lowest BCUT2D eigenvalue weighted by atomic mass is 10.2. The Labute approximate surface area is 87.5 Å². The summed E-state index contributed by atoms with van der Waals surface area (Å²) in [6, 6.07) is 1.88. The molecule has 1 heterocycles. The van der Waals surface area contributed by atoms with E-state index in [0.717, 1.165) is 17.1 Å². The first-order valence-corrected chi connectivity index (χ1v) is 5.44. The SMILES string of the molecule is CCC(CC(=O)O)Sc1ccoc1C. The normalized spacial score (nSPS) is 12.7. The summed E-state index contributed by atoms with van der Waals surface area (Å²) in [5, 5.41) is 8.80. The van der Waals surface area contributed by atoms with Gasteiger partial charge in [-0.25, -0.2) is 0 Å². The fourth-order valence-electron chi connectivity index (χ4n) is 1.14. The van der Waals surface area contributed by atoms with Crippen LogP contribution in [-0.2, 0) is 4.79 Å². The van der Waals surface area contributed by atoms with E-state index in [1.165, 1.54) is 0 Å². The number of thioether (sulfide) groups is 1. The van der Waals surface area contributed by atoms with Crippen molar-refractivity contribution >= 4 is 17.7 Å². The Balaban J connectivity index is 2.57. The van der Waals surface area contributed by atoms with Crippen LogP contribution in [0.25, 0.3) is 0 Å². The van der Waals surface area contributed by atoms with Gasteiger partial charge in [-0.2, -0.15) is 0 Å². The molecule has 78 valence electrons. The average Bonchev–Trinajstić information content (AvgIpc) is 2.50. The molecule has 1 N–H and O–H groups in total. The van der Waals surface area contributed by atoms with Crippen LogP contribution in [0.5, 0.6) is 0 Å². The average molecular weight is 214 g/mol. The van der Waals surface area contributed by atoms with Gasteiger partial charge >= 0.3 is 5.97 Å². The lowest BCUT2D eigenvalue weighted by Crippen LogP contribution is -2.08. The molecule has 0 bridgehead atoms. The molecular formula is C10H14O3S. The lowest BCUT2D eigenvalue weighted by molar-refractivity contribution is -0.136. The van der Waals surface area contributed by atoms with E-state index in [9.17, 15) is 4.79 Å². The van der Waals surface area contributed by atoms with Crippen LogP contribution in [0.4, 0.5) is 0 Å². The van der Waals surface area contributed by atoms with Crippen LogP contribution in [0.1, 0.15) is 25.5 Å². The molecule has 0 amide bonds. The number of aliphatic carboxylic acids is 1. The van der Waals surface area contributed by atoms with Gasteiger partial charge in [-0.3, -0.25) is 4.79 Å². The van der Waals surface area contributed by atoms with E-state index in [2.05, 4.69) is 0 Å². The van der Waals surface area contributed by atoms with Crippen LogP contribution in [0, 0.1) is 6.92 Å². The fraction of sp³-hybridized carbons (Fsp3) is 0.500. The molecule has 1 aromatic heterocycles. The molecule has 0 aromatic carbocycles. The number of carboxylic acids is 1. The Morgan fingerprint density at radius 1 is 1.71 bits per heavy atom. The molecule has 4 heteroatoms. The summed E-state index contributed by atoms with van der Waals surface area (Å²) >= 11 is 1.58. The lowest BCUT2D eigenvalue weighted by Gasteiger charge is -2.10. The van der Waals surface area contributed by atoms with Crippen LogP contribution < -0.4 is 0 Å². The Kier molecular flexibility index (Phi) is 4.07. The second-order valence-electron chi connectivity index (χ2n) is 3.09. The molecule has 0 radical (unpaired) electrons. The molecule has 14 heavy (non-hydrogen) atoms. The van der Waals surface area contributed by atoms with Crippen molar-refractivity contribution in [2.45, 2.75) is 36.8 Å². The van der Waals surface area contributed by atoms with Gasteiger partial charge in [0.2, 0.25) is 0 Å². The van der Waals surface area contributed by atoms with Gasteiger partial charge < -0.3 is 9.52 Å². The summed E-state index contributed by atoms with van der Waals surface area (Å²) in [6.45, 7) is 3.88. The predicted molar refractivity (Wildman–Crippen MR) is 55.6 cm³/mol. The van der Waals surface area contributed by atoms with Gasteiger partial charge in [0.05, 0.1) is 12.7 Å². The van der Waals surface area contributed by atoms with Gasteiger partial charge in [-0.05, 0) is 19.4 Å². The van der Waals surface area contributed by atoms with Crippen molar-refractivity contribution in [1.82, 2.24) is 0 Å². The Morgan fingerprint density at radius 3 is 2.86 bits per heavy atom. The Bertz CT molecular complexity index is 306. The van der Waals surface area contributed by atoms with E-state index in [0.29, 0.717) is 0 Å². The molecule has 3 nitrogen and oxygen atoms in total. The largest absolute Gasteiger partial charge is 0.481 e. The van der Waals surface area contributed by atoms with E-state index in [1.807, 2.05) is 19.9 Å². The van der Waals surface area contributed by atoms with Crippen LogP contribution >= 0.6 is 11.8 Å². The van der Waals surface area contributed by atoms with Crippen molar-refractivity contribution in [2.75, 3.05) is 0 Å². The van der Waals surface area contributed by atoms with Crippen LogP contribution in [-0.4, -0.2) is 16.3 Å². The number of furan rings is 1. The second kappa shape index (κ2) is 5.10. The highest BCUT2D eigenvalue weighted by atomic mass is 32.2. The van der Waals surface area contributed by atoms with Crippen molar-refractivity contribution in [3.05, 3.63) is 18.1 Å². The van der Waals surface area contributed by atoms with Gasteiger partial charge in [0.15, 0.2) is 0 Å². The zero-order chi connectivity index (χ0) is 10.6. The summed E-state index contributed by atoms with van der Waals surface area (Å²) in [5.74, 6) is 0.115. The number of carbonyl (C=O) groups is 1. The van der Waals surface area contributed by atoms with E-state index >= 15 is 0 Å². The first-order chi connectivity index (χ1) is 6.63. The third-order valence-corrected chi connectivity index (χ3v) is 3.47. The van der Waals surface area contributed by atoms with Crippen LogP contribution in [0.2, 0.25) is 0 Å². The molecular weight excluding hydrogens is 200 g/mol. The maximum absolute atomic E-state index is 10.5. The summed E-state index contributed by atoms with van der Waals surface area (Å²) in [7, 11) is 0. The van der Waals surface area contributed by atoms with Crippen LogP contribution in [0.3, 0.4) is 0 Å². The molecule has 1 atom stereocenters. The minimum Gasteiger partial charge on any atom is -0.481 e. The number of hydrogen-bond acceptors (Lipinski definition) is 3. The quantitative estimate of drug-likeness (QED) is 0.766. The molecule has 1 rings (SSSR count). The van der Waals surface area contributed by atoms with Crippen molar-refractivity contribution in [2.24, 2.45) is 0 Å². The van der Waals surface area contributed by atoms with E-state index in [1.54, 1.807) is 18.0 Å². The van der Waals surface area contributed by atoms with E-state index < -0.39 is 5.97 Å². The standard InChI is InChI=1S/C10H14O3S/c1-3-8(6-10(11)12)14-9-4-5-13-7(9)2/h4-5,8H,3,6H2,1-2H3,(H,11,12). The zero-order valence-electron chi connectivity index (χ0n) is 8.32. The highest BCUT2D eigenvalue weighted by Crippen LogP contribution is 2.30. The summed E-state index contributed by atoms with van der Waals surface area (Å²) < 4.78 is 5.15. The molecule has 0 aliphatic rings. The Hall–Kier alpha value is -0.900. The van der Waals surface area contributed by atoms with Gasteiger partial charge in [0.25, 0.3) is 0 Å². The maximum Gasteiger partial charge on any atom is 0.304 e. The highest BCUT2D eigenvalue weighted by Gasteiger charge is 2.14. The minimum atomic E-state index is -0.745. The Morgan fingerprint density at radius 2 is 2.43 bits per heavy atom. The van der Waals surface area contributed by atoms with Crippen molar-refractivity contribution in [3.8, 4) is 0 Å². The topological polar surface area (TPSA) is 50.4 Å². The number of hydrogen-bond donors (Lipinski definition) is 1. The monoisotopic (exact) mass is 214 g/mol. The van der Waals surface area contributed by atoms with Gasteiger partial charge in [-0.1, -0.05) is 6.92 Å².